The second-order valence-corrected chi connectivity index (χ2v) is 11.8. The molecule has 4 unspecified atom stereocenters. The average molecular weight is 659 g/mol. The summed E-state index contributed by atoms with van der Waals surface area (Å²) < 4.78 is 5.35. The number of hydrogen-bond donors (Lipinski definition) is 6. The maximum absolute atomic E-state index is 12.7. The minimum absolute atomic E-state index is 0.00122. The van der Waals surface area contributed by atoms with Gasteiger partial charge in [0.05, 0.1) is 6.61 Å². The van der Waals surface area contributed by atoms with Crippen molar-refractivity contribution in [3.8, 4) is 0 Å². The first-order chi connectivity index (χ1) is 21.5. The number of amides is 6. The first-order valence-electron chi connectivity index (χ1n) is 15.5. The van der Waals surface area contributed by atoms with Crippen LogP contribution in [0.3, 0.4) is 0 Å². The number of hydrogen-bond acceptors (Lipinski definition) is 11. The number of nitrogens with one attached hydrogen (secondary N) is 3. The van der Waals surface area contributed by atoms with Crippen molar-refractivity contribution in [2.24, 2.45) is 11.8 Å². The molecule has 1 aliphatic heterocycles. The van der Waals surface area contributed by atoms with Crippen LogP contribution in [0.2, 0.25) is 0 Å². The molecule has 1 rings (SSSR count). The third kappa shape index (κ3) is 15.0. The van der Waals surface area contributed by atoms with E-state index in [0.717, 1.165) is 0 Å². The van der Waals surface area contributed by atoms with E-state index in [1.807, 2.05) is 13.8 Å². The lowest BCUT2D eigenvalue weighted by molar-refractivity contribution is -0.167. The number of carbonyl (C=O) groups excluding carboxylic acids is 7. The van der Waals surface area contributed by atoms with E-state index in [1.165, 1.54) is 20.8 Å². The Balaban J connectivity index is 2.49. The zero-order valence-corrected chi connectivity index (χ0v) is 27.3. The van der Waals surface area contributed by atoms with Crippen molar-refractivity contribution in [1.82, 2.24) is 31.1 Å². The molecule has 1 saturated heterocycles. The van der Waals surface area contributed by atoms with Gasteiger partial charge in [0.25, 0.3) is 0 Å². The summed E-state index contributed by atoms with van der Waals surface area (Å²) in [4.78, 5) is 83.9. The summed E-state index contributed by atoms with van der Waals surface area (Å²) in [6.45, 7) is 7.30. The summed E-state index contributed by atoms with van der Waals surface area (Å²) in [5.41, 5.74) is 0. The molecule has 6 amide bonds. The van der Waals surface area contributed by atoms with Crippen LogP contribution in [0.25, 0.3) is 0 Å². The molecule has 0 bridgehead atoms. The van der Waals surface area contributed by atoms with Gasteiger partial charge < -0.3 is 20.7 Å². The largest absolute Gasteiger partial charge is 0.464 e. The Bertz CT molecular complexity index is 1070. The van der Waals surface area contributed by atoms with Crippen LogP contribution in [0, 0.1) is 11.8 Å². The second-order valence-electron chi connectivity index (χ2n) is 11.8. The van der Waals surface area contributed by atoms with Crippen LogP contribution in [0.15, 0.2) is 0 Å². The molecule has 17 heteroatoms. The van der Waals surface area contributed by atoms with Crippen molar-refractivity contribution in [3.05, 3.63) is 0 Å². The smallest absolute Gasteiger partial charge is 0.328 e. The van der Waals surface area contributed by atoms with Crippen molar-refractivity contribution >= 4 is 41.4 Å². The zero-order valence-electron chi connectivity index (χ0n) is 27.3. The van der Waals surface area contributed by atoms with Gasteiger partial charge in [-0.25, -0.2) is 20.0 Å². The van der Waals surface area contributed by atoms with E-state index >= 15 is 0 Å². The van der Waals surface area contributed by atoms with Crippen molar-refractivity contribution in [3.63, 3.8) is 0 Å². The third-order valence-corrected chi connectivity index (χ3v) is 7.64. The minimum atomic E-state index is -0.975. The lowest BCUT2D eigenvalue weighted by Gasteiger charge is -2.30. The number of ether oxygens (including phenoxy) is 1. The van der Waals surface area contributed by atoms with Crippen molar-refractivity contribution in [2.45, 2.75) is 104 Å². The average Bonchev–Trinajstić information content (AvgIpc) is 2.97. The highest BCUT2D eigenvalue weighted by molar-refractivity contribution is 5.96. The molecule has 1 heterocycles. The summed E-state index contributed by atoms with van der Waals surface area (Å²) in [5.74, 6) is -3.82. The normalized spacial score (nSPS) is 17.3. The highest BCUT2D eigenvalue weighted by Gasteiger charge is 2.33. The molecule has 0 aromatic heterocycles. The Morgan fingerprint density at radius 3 is 1.72 bits per heavy atom. The van der Waals surface area contributed by atoms with E-state index in [4.69, 9.17) is 4.74 Å². The molecule has 1 aliphatic rings. The number of piperazine rings is 1. The summed E-state index contributed by atoms with van der Waals surface area (Å²) in [6, 6.07) is -2.61. The Kier molecular flexibility index (Phi) is 17.8. The Morgan fingerprint density at radius 2 is 1.26 bits per heavy atom. The molecule has 0 radical (unpaired) electrons. The van der Waals surface area contributed by atoms with Gasteiger partial charge in [0.15, 0.2) is 0 Å². The van der Waals surface area contributed by atoms with Crippen LogP contribution >= 0.6 is 0 Å². The quantitative estimate of drug-likeness (QED) is 0.0583. The number of esters is 1. The topological polar surface area (TPSA) is 235 Å². The van der Waals surface area contributed by atoms with Gasteiger partial charge in [0.2, 0.25) is 35.4 Å². The summed E-state index contributed by atoms with van der Waals surface area (Å²) >= 11 is 0. The number of rotatable bonds is 20. The second kappa shape index (κ2) is 20.3. The van der Waals surface area contributed by atoms with Crippen LogP contribution in [0.4, 0.5) is 0 Å². The van der Waals surface area contributed by atoms with E-state index in [0.29, 0.717) is 28.0 Å². The predicted octanol–water partition coefficient (Wildman–Crippen LogP) is 0.104. The molecular weight excluding hydrogens is 608 g/mol. The molecule has 0 aromatic rings. The monoisotopic (exact) mass is 658 g/mol. The lowest BCUT2D eigenvalue weighted by Crippen LogP contribution is -2.61. The fraction of sp³-hybridized carbons (Fsp3) is 0.759. The van der Waals surface area contributed by atoms with Crippen molar-refractivity contribution < 1.29 is 53.9 Å². The van der Waals surface area contributed by atoms with Crippen LogP contribution in [0.1, 0.15) is 86.0 Å². The number of hydroxylamine groups is 6. The zero-order chi connectivity index (χ0) is 35.0. The molecule has 0 spiro atoms. The molecular formula is C29H50N6O11. The van der Waals surface area contributed by atoms with Gasteiger partial charge in [0, 0.05) is 46.8 Å². The van der Waals surface area contributed by atoms with Gasteiger partial charge >= 0.3 is 5.97 Å². The summed E-state index contributed by atoms with van der Waals surface area (Å²) in [6.07, 6.45) is 1.56. The van der Waals surface area contributed by atoms with Gasteiger partial charge in [0.1, 0.15) is 18.1 Å². The van der Waals surface area contributed by atoms with E-state index in [2.05, 4.69) is 16.0 Å². The minimum Gasteiger partial charge on any atom is -0.464 e. The molecule has 0 aromatic carbocycles. The first-order valence-corrected chi connectivity index (χ1v) is 15.5. The lowest BCUT2D eigenvalue weighted by atomic mass is 9.89. The Hall–Kier alpha value is -3.83. The summed E-state index contributed by atoms with van der Waals surface area (Å²) in [7, 11) is 0. The fourth-order valence-corrected chi connectivity index (χ4v) is 4.76. The van der Waals surface area contributed by atoms with Gasteiger partial charge in [-0.05, 0) is 56.8 Å². The summed E-state index contributed by atoms with van der Waals surface area (Å²) in [5, 5.41) is 38.6. The van der Waals surface area contributed by atoms with Crippen molar-refractivity contribution in [1.29, 1.82) is 0 Å². The van der Waals surface area contributed by atoms with Crippen LogP contribution in [-0.2, 0) is 38.3 Å². The standard InChI is InChI=1S/C29H50N6O11/c1-18(2)22(12-16-46-29(42)25(30-19(3)36)11-8-14-34(44)21(5)38)17-26(39)35(45)15-7-10-24-28(41)31-23(27(40)32-24)9-6-13-33(43)20(4)37/h18,22-25,43-45H,6-17H2,1-5H3,(H,30,36)(H,31,41)(H,32,40). The third-order valence-electron chi connectivity index (χ3n) is 7.64. The number of nitrogens with zero attached hydrogens (tertiary/aromatic N) is 3. The van der Waals surface area contributed by atoms with Crippen LogP contribution < -0.4 is 16.0 Å². The fourth-order valence-electron chi connectivity index (χ4n) is 4.76. The Morgan fingerprint density at radius 1 is 0.783 bits per heavy atom. The van der Waals surface area contributed by atoms with E-state index in [9.17, 15) is 49.2 Å². The Labute approximate surface area is 268 Å². The number of carbonyl (C=O) groups is 7. The molecule has 0 aliphatic carbocycles. The molecule has 0 saturated carbocycles. The van der Waals surface area contributed by atoms with Gasteiger partial charge in [-0.3, -0.25) is 44.4 Å². The van der Waals surface area contributed by atoms with Gasteiger partial charge in [-0.15, -0.1) is 0 Å². The molecule has 46 heavy (non-hydrogen) atoms. The van der Waals surface area contributed by atoms with Gasteiger partial charge in [-0.1, -0.05) is 13.8 Å². The highest BCUT2D eigenvalue weighted by Crippen LogP contribution is 2.21. The maximum Gasteiger partial charge on any atom is 0.328 e. The SMILES string of the molecule is CC(=O)NC(CCCN(O)C(C)=O)C(=O)OCCC(CC(=O)N(O)CCCC1NC(=O)C(CCCN(O)C(C)=O)NC1=O)C(C)C. The predicted molar refractivity (Wildman–Crippen MR) is 160 cm³/mol. The molecule has 262 valence electrons. The highest BCUT2D eigenvalue weighted by atomic mass is 16.5. The maximum atomic E-state index is 12.7. The van der Waals surface area contributed by atoms with Crippen LogP contribution in [0.5, 0.6) is 0 Å². The molecule has 4 atom stereocenters. The van der Waals surface area contributed by atoms with E-state index in [-0.39, 0.29) is 76.6 Å². The molecule has 17 nitrogen and oxygen atoms in total. The van der Waals surface area contributed by atoms with E-state index in [1.54, 1.807) is 0 Å². The molecule has 1 fully saturated rings. The van der Waals surface area contributed by atoms with Crippen molar-refractivity contribution in [2.75, 3.05) is 26.2 Å². The first kappa shape index (κ1) is 40.2. The van der Waals surface area contributed by atoms with E-state index < -0.39 is 59.5 Å². The molecule has 6 N–H and O–H groups in total. The van der Waals surface area contributed by atoms with Gasteiger partial charge in [-0.2, -0.15) is 0 Å². The van der Waals surface area contributed by atoms with Crippen LogP contribution in [-0.4, -0.2) is 117 Å².